The highest BCUT2D eigenvalue weighted by atomic mass is 16.3. The predicted octanol–water partition coefficient (Wildman–Crippen LogP) is -0.831. The molecular weight excluding hydrogens is 206 g/mol. The van der Waals surface area contributed by atoms with Crippen LogP contribution in [0.5, 0.6) is 0 Å². The molecule has 0 saturated carbocycles. The van der Waals surface area contributed by atoms with Gasteiger partial charge in [0.2, 0.25) is 5.91 Å². The Balaban J connectivity index is 2.24. The molecule has 0 aliphatic carbocycles. The molecule has 1 fully saturated rings. The summed E-state index contributed by atoms with van der Waals surface area (Å²) in [5, 5.41) is 16.1. The average molecular weight is 229 g/mol. The van der Waals surface area contributed by atoms with Crippen molar-refractivity contribution in [1.29, 1.82) is 0 Å². The van der Waals surface area contributed by atoms with Gasteiger partial charge in [0, 0.05) is 19.6 Å². The fourth-order valence-corrected chi connectivity index (χ4v) is 1.99. The van der Waals surface area contributed by atoms with Crippen LogP contribution in [0.3, 0.4) is 0 Å². The fraction of sp³-hybridized carbons (Fsp3) is 0.909. The lowest BCUT2D eigenvalue weighted by atomic mass is 10.0. The smallest absolute Gasteiger partial charge is 0.234 e. The summed E-state index contributed by atoms with van der Waals surface area (Å²) >= 11 is 0. The predicted molar refractivity (Wildman–Crippen MR) is 63.2 cm³/mol. The topological polar surface area (TPSA) is 64.6 Å². The van der Waals surface area contributed by atoms with Crippen LogP contribution in [-0.2, 0) is 4.79 Å². The minimum absolute atomic E-state index is 0.0268. The first-order chi connectivity index (χ1) is 7.56. The van der Waals surface area contributed by atoms with Crippen LogP contribution in [0.2, 0.25) is 0 Å². The van der Waals surface area contributed by atoms with Crippen molar-refractivity contribution in [3.05, 3.63) is 0 Å². The number of nitrogens with one attached hydrogen (secondary N) is 2. The molecule has 94 valence electrons. The molecule has 1 heterocycles. The normalized spacial score (nSPS) is 25.0. The first-order valence-corrected chi connectivity index (χ1v) is 5.94. The third-order valence-corrected chi connectivity index (χ3v) is 2.77. The van der Waals surface area contributed by atoms with E-state index in [1.807, 2.05) is 18.9 Å². The highest BCUT2D eigenvalue weighted by molar-refractivity contribution is 5.77. The maximum absolute atomic E-state index is 11.4. The number of amides is 1. The molecule has 1 aliphatic rings. The SMILES string of the molecule is CCCNC(=O)CN(C)CC1(O)CCNC1. The summed E-state index contributed by atoms with van der Waals surface area (Å²) in [4.78, 5) is 13.3. The molecule has 1 saturated heterocycles. The summed E-state index contributed by atoms with van der Waals surface area (Å²) in [6.07, 6.45) is 1.71. The van der Waals surface area contributed by atoms with Gasteiger partial charge in [0.1, 0.15) is 0 Å². The Morgan fingerprint density at radius 1 is 1.62 bits per heavy atom. The van der Waals surface area contributed by atoms with E-state index in [1.165, 1.54) is 0 Å². The van der Waals surface area contributed by atoms with Gasteiger partial charge in [-0.3, -0.25) is 9.69 Å². The van der Waals surface area contributed by atoms with E-state index in [4.69, 9.17) is 0 Å². The fourth-order valence-electron chi connectivity index (χ4n) is 1.99. The van der Waals surface area contributed by atoms with Gasteiger partial charge in [0.05, 0.1) is 12.1 Å². The minimum Gasteiger partial charge on any atom is -0.387 e. The van der Waals surface area contributed by atoms with Crippen molar-refractivity contribution >= 4 is 5.91 Å². The second kappa shape index (κ2) is 6.18. The minimum atomic E-state index is -0.667. The zero-order valence-corrected chi connectivity index (χ0v) is 10.3. The zero-order valence-electron chi connectivity index (χ0n) is 10.3. The molecule has 0 aromatic rings. The van der Waals surface area contributed by atoms with Gasteiger partial charge < -0.3 is 15.7 Å². The summed E-state index contributed by atoms with van der Waals surface area (Å²) < 4.78 is 0. The Kier molecular flexibility index (Phi) is 5.18. The van der Waals surface area contributed by atoms with Crippen LogP contribution < -0.4 is 10.6 Å². The van der Waals surface area contributed by atoms with E-state index in [2.05, 4.69) is 10.6 Å². The molecule has 16 heavy (non-hydrogen) atoms. The van der Waals surface area contributed by atoms with E-state index in [0.29, 0.717) is 19.6 Å². The van der Waals surface area contributed by atoms with Crippen molar-refractivity contribution in [2.45, 2.75) is 25.4 Å². The van der Waals surface area contributed by atoms with Gasteiger partial charge in [0.15, 0.2) is 0 Å². The van der Waals surface area contributed by atoms with Crippen molar-refractivity contribution in [3.8, 4) is 0 Å². The van der Waals surface area contributed by atoms with Gasteiger partial charge >= 0.3 is 0 Å². The first-order valence-electron chi connectivity index (χ1n) is 5.94. The number of nitrogens with zero attached hydrogens (tertiary/aromatic N) is 1. The standard InChI is InChI=1S/C11H23N3O2/c1-3-5-13-10(15)7-14(2)9-11(16)4-6-12-8-11/h12,16H,3-9H2,1-2H3,(H,13,15). The van der Waals surface area contributed by atoms with E-state index in [0.717, 1.165) is 25.9 Å². The molecule has 3 N–H and O–H groups in total. The molecule has 1 atom stereocenters. The van der Waals surface area contributed by atoms with Crippen LogP contribution in [0.4, 0.5) is 0 Å². The number of hydrogen-bond donors (Lipinski definition) is 3. The number of rotatable bonds is 6. The number of carbonyl (C=O) groups is 1. The van der Waals surface area contributed by atoms with Crippen LogP contribution in [0.1, 0.15) is 19.8 Å². The second-order valence-electron chi connectivity index (χ2n) is 4.67. The summed E-state index contributed by atoms with van der Waals surface area (Å²) in [6.45, 7) is 5.11. The maximum Gasteiger partial charge on any atom is 0.234 e. The third-order valence-electron chi connectivity index (χ3n) is 2.77. The monoisotopic (exact) mass is 229 g/mol. The summed E-state index contributed by atoms with van der Waals surface area (Å²) in [5.74, 6) is 0.0268. The Bertz CT molecular complexity index is 227. The van der Waals surface area contributed by atoms with E-state index >= 15 is 0 Å². The Morgan fingerprint density at radius 3 is 2.94 bits per heavy atom. The maximum atomic E-state index is 11.4. The molecule has 0 radical (unpaired) electrons. The Hall–Kier alpha value is -0.650. The molecule has 1 amide bonds. The van der Waals surface area contributed by atoms with Gasteiger partial charge in [0.25, 0.3) is 0 Å². The molecule has 0 aromatic carbocycles. The van der Waals surface area contributed by atoms with E-state index < -0.39 is 5.60 Å². The number of aliphatic hydroxyl groups is 1. The Morgan fingerprint density at radius 2 is 2.38 bits per heavy atom. The quantitative estimate of drug-likeness (QED) is 0.556. The van der Waals surface area contributed by atoms with Crippen molar-refractivity contribution in [2.75, 3.05) is 39.8 Å². The van der Waals surface area contributed by atoms with E-state index in [-0.39, 0.29) is 5.91 Å². The molecule has 1 rings (SSSR count). The van der Waals surface area contributed by atoms with Crippen LogP contribution >= 0.6 is 0 Å². The number of β-amino-alcohol motifs (C(OH)–C–C–N with tert-alkyl or cyclic N) is 1. The van der Waals surface area contributed by atoms with Gasteiger partial charge in [-0.05, 0) is 26.4 Å². The zero-order chi connectivity index (χ0) is 12.0. The summed E-state index contributed by atoms with van der Waals surface area (Å²) in [5.41, 5.74) is -0.667. The van der Waals surface area contributed by atoms with Crippen LogP contribution in [0.15, 0.2) is 0 Å². The van der Waals surface area contributed by atoms with Gasteiger partial charge in [-0.15, -0.1) is 0 Å². The third kappa shape index (κ3) is 4.47. The van der Waals surface area contributed by atoms with Crippen molar-refractivity contribution in [1.82, 2.24) is 15.5 Å². The van der Waals surface area contributed by atoms with E-state index in [1.54, 1.807) is 0 Å². The van der Waals surface area contributed by atoms with Crippen molar-refractivity contribution in [3.63, 3.8) is 0 Å². The second-order valence-corrected chi connectivity index (χ2v) is 4.67. The number of likely N-dealkylation sites (N-methyl/N-ethyl adjacent to an activating group) is 1. The van der Waals surface area contributed by atoms with Gasteiger partial charge in [-0.1, -0.05) is 6.92 Å². The summed E-state index contributed by atoms with van der Waals surface area (Å²) in [7, 11) is 1.86. The molecule has 1 unspecified atom stereocenters. The molecule has 5 heteroatoms. The lowest BCUT2D eigenvalue weighted by molar-refractivity contribution is -0.122. The number of carbonyl (C=O) groups excluding carboxylic acids is 1. The summed E-state index contributed by atoms with van der Waals surface area (Å²) in [6, 6.07) is 0. The lowest BCUT2D eigenvalue weighted by Crippen LogP contribution is -2.46. The lowest BCUT2D eigenvalue weighted by Gasteiger charge is -2.27. The molecule has 1 aliphatic heterocycles. The molecule has 0 spiro atoms. The van der Waals surface area contributed by atoms with Crippen molar-refractivity contribution < 1.29 is 9.90 Å². The van der Waals surface area contributed by atoms with Gasteiger partial charge in [-0.25, -0.2) is 0 Å². The molecule has 0 aromatic heterocycles. The average Bonchev–Trinajstić information content (AvgIpc) is 2.61. The van der Waals surface area contributed by atoms with Crippen LogP contribution in [-0.4, -0.2) is 61.3 Å². The molecule has 5 nitrogen and oxygen atoms in total. The van der Waals surface area contributed by atoms with Crippen LogP contribution in [0, 0.1) is 0 Å². The number of hydrogen-bond acceptors (Lipinski definition) is 4. The van der Waals surface area contributed by atoms with Gasteiger partial charge in [-0.2, -0.15) is 0 Å². The molecular formula is C11H23N3O2. The van der Waals surface area contributed by atoms with Crippen LogP contribution in [0.25, 0.3) is 0 Å². The highest BCUT2D eigenvalue weighted by Gasteiger charge is 2.32. The van der Waals surface area contributed by atoms with E-state index in [9.17, 15) is 9.90 Å². The highest BCUT2D eigenvalue weighted by Crippen LogP contribution is 2.14. The molecule has 0 bridgehead atoms. The Labute approximate surface area is 97.2 Å². The first kappa shape index (κ1) is 13.4. The largest absolute Gasteiger partial charge is 0.387 e. The van der Waals surface area contributed by atoms with Crippen molar-refractivity contribution in [2.24, 2.45) is 0 Å².